The molecule has 4 aromatic rings. The van der Waals surface area contributed by atoms with Gasteiger partial charge >= 0.3 is 0 Å². The van der Waals surface area contributed by atoms with Crippen LogP contribution in [0.1, 0.15) is 16.8 Å². The zero-order chi connectivity index (χ0) is 22.6. The maximum atomic E-state index is 13.6. The SMILES string of the molecule is Cc1ccc(C)c(N2CCN(S(=O)(=O)c3c(C)nc4sc5ccccc5n4c3=O)CC2)c1. The Labute approximate surface area is 190 Å². The van der Waals surface area contributed by atoms with Crippen LogP contribution in [0.5, 0.6) is 0 Å². The second-order valence-corrected chi connectivity index (χ2v) is 11.1. The van der Waals surface area contributed by atoms with Crippen LogP contribution < -0.4 is 10.5 Å². The summed E-state index contributed by atoms with van der Waals surface area (Å²) in [6, 6.07) is 13.7. The van der Waals surface area contributed by atoms with Crippen molar-refractivity contribution in [1.29, 1.82) is 0 Å². The van der Waals surface area contributed by atoms with Gasteiger partial charge in [-0.05, 0) is 50.1 Å². The number of fused-ring (bicyclic) bond motifs is 3. The number of hydrogen-bond donors (Lipinski definition) is 0. The van der Waals surface area contributed by atoms with E-state index in [2.05, 4.69) is 41.9 Å². The maximum Gasteiger partial charge on any atom is 0.279 e. The van der Waals surface area contributed by atoms with Gasteiger partial charge in [0.05, 0.1) is 15.9 Å². The van der Waals surface area contributed by atoms with Crippen LogP contribution in [-0.4, -0.2) is 48.3 Å². The third-order valence-electron chi connectivity index (χ3n) is 6.03. The number of aromatic nitrogens is 2. The average molecular weight is 469 g/mol. The predicted octanol–water partition coefficient (Wildman–Crippen LogP) is 3.35. The van der Waals surface area contributed by atoms with Gasteiger partial charge in [-0.2, -0.15) is 4.31 Å². The fourth-order valence-corrected chi connectivity index (χ4v) is 7.05. The summed E-state index contributed by atoms with van der Waals surface area (Å²) in [6.45, 7) is 7.50. The molecule has 0 atom stereocenters. The van der Waals surface area contributed by atoms with Crippen molar-refractivity contribution < 1.29 is 8.42 Å². The molecule has 7 nitrogen and oxygen atoms in total. The summed E-state index contributed by atoms with van der Waals surface area (Å²) in [5.41, 5.74) is 3.87. The molecule has 3 heterocycles. The summed E-state index contributed by atoms with van der Waals surface area (Å²) >= 11 is 1.38. The number of benzene rings is 2. The molecule has 0 saturated carbocycles. The molecule has 5 rings (SSSR count). The minimum absolute atomic E-state index is 0.223. The molecule has 0 radical (unpaired) electrons. The molecule has 1 fully saturated rings. The molecule has 32 heavy (non-hydrogen) atoms. The van der Waals surface area contributed by atoms with Crippen molar-refractivity contribution >= 4 is 42.2 Å². The molecule has 0 spiro atoms. The summed E-state index contributed by atoms with van der Waals surface area (Å²) in [4.78, 5) is 20.4. The maximum absolute atomic E-state index is 13.6. The fourth-order valence-electron chi connectivity index (χ4n) is 4.35. The first-order valence-corrected chi connectivity index (χ1v) is 12.8. The van der Waals surface area contributed by atoms with Gasteiger partial charge in [0.2, 0.25) is 0 Å². The van der Waals surface area contributed by atoms with Gasteiger partial charge in [-0.25, -0.2) is 17.8 Å². The van der Waals surface area contributed by atoms with Gasteiger partial charge in [0.25, 0.3) is 15.6 Å². The molecule has 166 valence electrons. The molecule has 0 unspecified atom stereocenters. The summed E-state index contributed by atoms with van der Waals surface area (Å²) in [6.07, 6.45) is 0. The van der Waals surface area contributed by atoms with Crippen molar-refractivity contribution in [2.24, 2.45) is 0 Å². The number of hydrogen-bond acceptors (Lipinski definition) is 6. The zero-order valence-corrected chi connectivity index (χ0v) is 19.8. The number of nitrogens with zero attached hydrogens (tertiary/aromatic N) is 4. The minimum atomic E-state index is -3.97. The lowest BCUT2D eigenvalue weighted by Gasteiger charge is -2.36. The first kappa shape index (κ1) is 21.1. The van der Waals surface area contributed by atoms with Gasteiger partial charge in [-0.1, -0.05) is 35.6 Å². The third-order valence-corrected chi connectivity index (χ3v) is 9.08. The van der Waals surface area contributed by atoms with Crippen LogP contribution in [0, 0.1) is 20.8 Å². The summed E-state index contributed by atoms with van der Waals surface area (Å²) in [7, 11) is -3.97. The van der Waals surface area contributed by atoms with E-state index in [0.29, 0.717) is 36.7 Å². The van der Waals surface area contributed by atoms with Crippen LogP contribution in [0.4, 0.5) is 5.69 Å². The van der Waals surface area contributed by atoms with Crippen molar-refractivity contribution in [2.45, 2.75) is 25.7 Å². The molecule has 2 aromatic carbocycles. The molecule has 0 N–H and O–H groups in total. The molecule has 9 heteroatoms. The predicted molar refractivity (Wildman–Crippen MR) is 128 cm³/mol. The lowest BCUT2D eigenvalue weighted by atomic mass is 10.1. The van der Waals surface area contributed by atoms with Crippen molar-refractivity contribution in [2.75, 3.05) is 31.1 Å². The second-order valence-electron chi connectivity index (χ2n) is 8.20. The van der Waals surface area contributed by atoms with Gasteiger partial charge in [0, 0.05) is 31.9 Å². The zero-order valence-electron chi connectivity index (χ0n) is 18.2. The Morgan fingerprint density at radius 2 is 1.69 bits per heavy atom. The van der Waals surface area contributed by atoms with E-state index in [4.69, 9.17) is 0 Å². The van der Waals surface area contributed by atoms with Crippen molar-refractivity contribution in [3.63, 3.8) is 0 Å². The molecule has 1 aliphatic rings. The van der Waals surface area contributed by atoms with Gasteiger partial charge in [-0.15, -0.1) is 0 Å². The van der Waals surface area contributed by atoms with E-state index in [1.165, 1.54) is 31.2 Å². The fraction of sp³-hybridized carbons (Fsp3) is 0.304. The number of rotatable bonds is 3. The van der Waals surface area contributed by atoms with Crippen LogP contribution in [0.25, 0.3) is 15.2 Å². The third kappa shape index (κ3) is 3.32. The molecular formula is C23H24N4O3S2. The Bertz CT molecular complexity index is 1510. The van der Waals surface area contributed by atoms with Gasteiger partial charge < -0.3 is 4.90 Å². The standard InChI is InChI=1S/C23H24N4O3S2/c1-15-8-9-16(2)19(14-15)25-10-12-26(13-11-25)32(29,30)21-17(3)24-23-27(22(21)28)18-6-4-5-7-20(18)31-23/h4-9,14H,10-13H2,1-3H3. The van der Waals surface area contributed by atoms with Crippen LogP contribution in [-0.2, 0) is 10.0 Å². The Kier molecular flexibility index (Phi) is 5.07. The molecule has 0 bridgehead atoms. The summed E-state index contributed by atoms with van der Waals surface area (Å²) in [5.74, 6) is 0. The summed E-state index contributed by atoms with van der Waals surface area (Å²) in [5, 5.41) is 0. The van der Waals surface area contributed by atoms with E-state index in [1.54, 1.807) is 6.92 Å². The monoisotopic (exact) mass is 468 g/mol. The van der Waals surface area contributed by atoms with Crippen LogP contribution >= 0.6 is 11.3 Å². The highest BCUT2D eigenvalue weighted by Crippen LogP contribution is 2.27. The first-order chi connectivity index (χ1) is 15.3. The molecule has 1 aliphatic heterocycles. The number of sulfonamides is 1. The largest absolute Gasteiger partial charge is 0.369 e. The Balaban J connectivity index is 1.51. The Hall–Kier alpha value is -2.75. The molecule has 2 aromatic heterocycles. The number of anilines is 1. The van der Waals surface area contributed by atoms with E-state index in [0.717, 1.165) is 10.4 Å². The van der Waals surface area contributed by atoms with E-state index >= 15 is 0 Å². The highest BCUT2D eigenvalue weighted by Gasteiger charge is 2.34. The topological polar surface area (TPSA) is 75.0 Å². The molecule has 0 aliphatic carbocycles. The average Bonchev–Trinajstić information content (AvgIpc) is 3.13. The van der Waals surface area contributed by atoms with Crippen LogP contribution in [0.15, 0.2) is 52.2 Å². The lowest BCUT2D eigenvalue weighted by molar-refractivity contribution is 0.383. The Morgan fingerprint density at radius 3 is 2.44 bits per heavy atom. The first-order valence-electron chi connectivity index (χ1n) is 10.5. The van der Waals surface area contributed by atoms with E-state index in [-0.39, 0.29) is 10.6 Å². The lowest BCUT2D eigenvalue weighted by Crippen LogP contribution is -2.50. The highest BCUT2D eigenvalue weighted by molar-refractivity contribution is 7.89. The number of piperazine rings is 1. The molecule has 0 amide bonds. The van der Waals surface area contributed by atoms with Crippen LogP contribution in [0.2, 0.25) is 0 Å². The van der Waals surface area contributed by atoms with E-state index < -0.39 is 15.6 Å². The number of aryl methyl sites for hydroxylation is 3. The van der Waals surface area contributed by atoms with E-state index in [1.807, 2.05) is 24.3 Å². The van der Waals surface area contributed by atoms with Gasteiger partial charge in [0.15, 0.2) is 9.86 Å². The van der Waals surface area contributed by atoms with E-state index in [9.17, 15) is 13.2 Å². The second kappa shape index (κ2) is 7.68. The van der Waals surface area contributed by atoms with Crippen molar-refractivity contribution in [1.82, 2.24) is 13.7 Å². The smallest absolute Gasteiger partial charge is 0.279 e. The molecular weight excluding hydrogens is 444 g/mol. The van der Waals surface area contributed by atoms with Gasteiger partial charge in [-0.3, -0.25) is 4.79 Å². The van der Waals surface area contributed by atoms with Gasteiger partial charge in [0.1, 0.15) is 0 Å². The van der Waals surface area contributed by atoms with Crippen molar-refractivity contribution in [3.8, 4) is 0 Å². The highest BCUT2D eigenvalue weighted by atomic mass is 32.2. The quantitative estimate of drug-likeness (QED) is 0.461. The Morgan fingerprint density at radius 1 is 0.969 bits per heavy atom. The number of thiazole rings is 1. The summed E-state index contributed by atoms with van der Waals surface area (Å²) < 4.78 is 30.8. The van der Waals surface area contributed by atoms with Crippen LogP contribution in [0.3, 0.4) is 0 Å². The normalized spacial score (nSPS) is 15.7. The number of para-hydroxylation sites is 1. The minimum Gasteiger partial charge on any atom is -0.369 e. The van der Waals surface area contributed by atoms with Crippen molar-refractivity contribution in [3.05, 3.63) is 69.6 Å². The molecule has 1 saturated heterocycles.